The van der Waals surface area contributed by atoms with Gasteiger partial charge in [-0.15, -0.1) is 0 Å². The van der Waals surface area contributed by atoms with Crippen molar-refractivity contribution < 1.29 is 4.79 Å². The summed E-state index contributed by atoms with van der Waals surface area (Å²) in [7, 11) is 0. The van der Waals surface area contributed by atoms with Gasteiger partial charge in [-0.2, -0.15) is 0 Å². The first kappa shape index (κ1) is 12.9. The molecule has 0 aromatic heterocycles. The van der Waals surface area contributed by atoms with Crippen molar-refractivity contribution >= 4 is 11.5 Å². The Kier molecular flexibility index (Phi) is 3.55. The average molecular weight is 265 g/mol. The monoisotopic (exact) mass is 265 g/mol. The number of aryl methyl sites for hydroxylation is 1. The SMILES string of the molecule is CC(=O)CN1c2ccccc2CCC1c1ccccc1. The molecule has 0 spiro atoms. The van der Waals surface area contributed by atoms with Crippen LogP contribution in [0.3, 0.4) is 0 Å². The van der Waals surface area contributed by atoms with E-state index in [2.05, 4.69) is 53.4 Å². The first-order chi connectivity index (χ1) is 9.75. The molecule has 0 aliphatic carbocycles. The van der Waals surface area contributed by atoms with Gasteiger partial charge in [-0.1, -0.05) is 48.5 Å². The van der Waals surface area contributed by atoms with Crippen LogP contribution in [0.4, 0.5) is 5.69 Å². The Hall–Kier alpha value is -2.09. The summed E-state index contributed by atoms with van der Waals surface area (Å²) in [5.41, 5.74) is 3.85. The van der Waals surface area contributed by atoms with E-state index in [9.17, 15) is 4.79 Å². The molecule has 2 heteroatoms. The van der Waals surface area contributed by atoms with Crippen molar-refractivity contribution in [2.45, 2.75) is 25.8 Å². The van der Waals surface area contributed by atoms with Gasteiger partial charge in [0.15, 0.2) is 0 Å². The lowest BCUT2D eigenvalue weighted by molar-refractivity contribution is -0.115. The van der Waals surface area contributed by atoms with Crippen molar-refractivity contribution in [2.24, 2.45) is 0 Å². The highest BCUT2D eigenvalue weighted by molar-refractivity contribution is 5.82. The second-order valence-corrected chi connectivity index (χ2v) is 5.42. The summed E-state index contributed by atoms with van der Waals surface area (Å²) in [5.74, 6) is 0.211. The third-order valence-electron chi connectivity index (χ3n) is 3.94. The Bertz CT molecular complexity index is 606. The van der Waals surface area contributed by atoms with Crippen molar-refractivity contribution in [3.8, 4) is 0 Å². The van der Waals surface area contributed by atoms with Gasteiger partial charge in [0.05, 0.1) is 12.6 Å². The van der Waals surface area contributed by atoms with Crippen LogP contribution >= 0.6 is 0 Å². The molecule has 1 atom stereocenters. The van der Waals surface area contributed by atoms with E-state index in [1.807, 2.05) is 6.07 Å². The van der Waals surface area contributed by atoms with Gasteiger partial charge in [-0.25, -0.2) is 0 Å². The molecule has 2 aromatic rings. The molecule has 3 rings (SSSR count). The molecule has 1 heterocycles. The highest BCUT2D eigenvalue weighted by atomic mass is 16.1. The molecule has 0 saturated heterocycles. The zero-order chi connectivity index (χ0) is 13.9. The van der Waals surface area contributed by atoms with E-state index in [1.165, 1.54) is 16.8 Å². The normalized spacial score (nSPS) is 17.6. The second-order valence-electron chi connectivity index (χ2n) is 5.42. The molecule has 20 heavy (non-hydrogen) atoms. The van der Waals surface area contributed by atoms with Crippen LogP contribution < -0.4 is 4.90 Å². The Balaban J connectivity index is 2.01. The van der Waals surface area contributed by atoms with Crippen LogP contribution in [-0.4, -0.2) is 12.3 Å². The Labute approximate surface area is 120 Å². The number of fused-ring (bicyclic) bond motifs is 1. The summed E-state index contributed by atoms with van der Waals surface area (Å²) in [6.45, 7) is 2.15. The number of carbonyl (C=O) groups excluding carboxylic acids is 1. The van der Waals surface area contributed by atoms with E-state index < -0.39 is 0 Å². The molecule has 0 radical (unpaired) electrons. The fourth-order valence-electron chi connectivity index (χ4n) is 3.08. The van der Waals surface area contributed by atoms with Crippen molar-refractivity contribution in [2.75, 3.05) is 11.4 Å². The third-order valence-corrected chi connectivity index (χ3v) is 3.94. The lowest BCUT2D eigenvalue weighted by Crippen LogP contribution is -2.36. The molecule has 0 N–H and O–H groups in total. The molecule has 2 nitrogen and oxygen atoms in total. The largest absolute Gasteiger partial charge is 0.357 e. The first-order valence-corrected chi connectivity index (χ1v) is 7.14. The van der Waals surface area contributed by atoms with Gasteiger partial charge in [0.25, 0.3) is 0 Å². The van der Waals surface area contributed by atoms with Gasteiger partial charge < -0.3 is 4.90 Å². The molecular formula is C18H19NO. The average Bonchev–Trinajstić information content (AvgIpc) is 2.48. The van der Waals surface area contributed by atoms with Crippen LogP contribution in [0.15, 0.2) is 54.6 Å². The lowest BCUT2D eigenvalue weighted by Gasteiger charge is -2.38. The van der Waals surface area contributed by atoms with Crippen LogP contribution in [0.2, 0.25) is 0 Å². The summed E-state index contributed by atoms with van der Waals surface area (Å²) < 4.78 is 0. The highest BCUT2D eigenvalue weighted by Crippen LogP contribution is 2.38. The van der Waals surface area contributed by atoms with Crippen molar-refractivity contribution in [1.29, 1.82) is 0 Å². The van der Waals surface area contributed by atoms with Gasteiger partial charge in [0.2, 0.25) is 0 Å². The summed E-state index contributed by atoms with van der Waals surface area (Å²) in [6.07, 6.45) is 2.14. The van der Waals surface area contributed by atoms with E-state index in [0.717, 1.165) is 12.8 Å². The van der Waals surface area contributed by atoms with Crippen molar-refractivity contribution in [3.05, 3.63) is 65.7 Å². The topological polar surface area (TPSA) is 20.3 Å². The smallest absolute Gasteiger partial charge is 0.149 e. The number of Topliss-reactive ketones (excluding diaryl/α,β-unsaturated/α-hetero) is 1. The molecule has 0 fully saturated rings. The zero-order valence-electron chi connectivity index (χ0n) is 11.8. The zero-order valence-corrected chi connectivity index (χ0v) is 11.8. The Morgan fingerprint density at radius 1 is 1.10 bits per heavy atom. The van der Waals surface area contributed by atoms with Gasteiger partial charge in [0.1, 0.15) is 5.78 Å². The van der Waals surface area contributed by atoms with E-state index in [0.29, 0.717) is 12.6 Å². The minimum absolute atomic E-state index is 0.211. The Morgan fingerprint density at radius 2 is 1.80 bits per heavy atom. The number of benzene rings is 2. The van der Waals surface area contributed by atoms with E-state index >= 15 is 0 Å². The fourth-order valence-corrected chi connectivity index (χ4v) is 3.08. The minimum atomic E-state index is 0.211. The van der Waals surface area contributed by atoms with Crippen LogP contribution in [0, 0.1) is 0 Å². The van der Waals surface area contributed by atoms with Gasteiger partial charge in [0, 0.05) is 5.69 Å². The number of hydrogen-bond donors (Lipinski definition) is 0. The quantitative estimate of drug-likeness (QED) is 0.842. The highest BCUT2D eigenvalue weighted by Gasteiger charge is 2.27. The van der Waals surface area contributed by atoms with Crippen molar-refractivity contribution in [1.82, 2.24) is 0 Å². The molecule has 2 aromatic carbocycles. The summed E-state index contributed by atoms with van der Waals surface area (Å²) >= 11 is 0. The standard InChI is InChI=1S/C18H19NO/c1-14(20)13-19-17-10-6-5-9-16(17)11-12-18(19)15-7-3-2-4-8-15/h2-10,18H,11-13H2,1H3. The first-order valence-electron chi connectivity index (χ1n) is 7.14. The molecule has 102 valence electrons. The maximum absolute atomic E-state index is 11.7. The number of nitrogens with zero attached hydrogens (tertiary/aromatic N) is 1. The second kappa shape index (κ2) is 5.49. The van der Waals surface area contributed by atoms with Crippen LogP contribution in [0.1, 0.15) is 30.5 Å². The van der Waals surface area contributed by atoms with Crippen molar-refractivity contribution in [3.63, 3.8) is 0 Å². The predicted molar refractivity (Wildman–Crippen MR) is 82.0 cm³/mol. The summed E-state index contributed by atoms with van der Waals surface area (Å²) in [6, 6.07) is 19.2. The van der Waals surface area contributed by atoms with E-state index in [1.54, 1.807) is 6.92 Å². The van der Waals surface area contributed by atoms with E-state index in [-0.39, 0.29) is 5.78 Å². The van der Waals surface area contributed by atoms with Crippen LogP contribution in [0.25, 0.3) is 0 Å². The number of anilines is 1. The number of rotatable bonds is 3. The molecular weight excluding hydrogens is 246 g/mol. The lowest BCUT2D eigenvalue weighted by atomic mass is 9.91. The molecule has 1 aliphatic heterocycles. The summed E-state index contributed by atoms with van der Waals surface area (Å²) in [5, 5.41) is 0. The van der Waals surface area contributed by atoms with Crippen LogP contribution in [0.5, 0.6) is 0 Å². The van der Waals surface area contributed by atoms with Gasteiger partial charge in [-0.05, 0) is 37.0 Å². The predicted octanol–water partition coefficient (Wildman–Crippen LogP) is 3.77. The number of hydrogen-bond acceptors (Lipinski definition) is 2. The van der Waals surface area contributed by atoms with E-state index in [4.69, 9.17) is 0 Å². The molecule has 0 bridgehead atoms. The molecule has 0 amide bonds. The Morgan fingerprint density at radius 3 is 2.55 bits per heavy atom. The van der Waals surface area contributed by atoms with Crippen LogP contribution in [-0.2, 0) is 11.2 Å². The number of carbonyl (C=O) groups is 1. The molecule has 1 unspecified atom stereocenters. The third kappa shape index (κ3) is 2.46. The molecule has 1 aliphatic rings. The maximum atomic E-state index is 11.7. The molecule has 0 saturated carbocycles. The summed E-state index contributed by atoms with van der Waals surface area (Å²) in [4.78, 5) is 13.9. The number of para-hydroxylation sites is 1. The maximum Gasteiger partial charge on any atom is 0.149 e. The number of ketones is 1. The van der Waals surface area contributed by atoms with Gasteiger partial charge >= 0.3 is 0 Å². The fraction of sp³-hybridized carbons (Fsp3) is 0.278. The minimum Gasteiger partial charge on any atom is -0.357 e. The van der Waals surface area contributed by atoms with Gasteiger partial charge in [-0.3, -0.25) is 4.79 Å².